The summed E-state index contributed by atoms with van der Waals surface area (Å²) in [7, 11) is 0. The molecule has 1 aliphatic carbocycles. The van der Waals surface area contributed by atoms with E-state index in [-0.39, 0.29) is 41.2 Å². The first kappa shape index (κ1) is 22.3. The number of piperidine rings is 2. The molecular weight excluding hydrogens is 433 g/mol. The highest BCUT2D eigenvalue weighted by Gasteiger charge is 2.51. The standard InChI is InChI=1S/C27H36FN3O3/c1-2-13-34-26(33)31-20-6-7-21(31)16-22(15-20)29-11-9-27(10-12-29)17-30(25(32)18-3-4-18)24-8-5-19(28)14-23(24)27/h5,8,14,18,20-22H,2-4,6-7,9-13,15-17H2,1H3. The number of carbonyl (C=O) groups excluding carboxylic acids is 2. The van der Waals surface area contributed by atoms with Gasteiger partial charge in [0, 0.05) is 41.7 Å². The number of hydrogen-bond acceptors (Lipinski definition) is 4. The van der Waals surface area contributed by atoms with E-state index in [9.17, 15) is 14.0 Å². The van der Waals surface area contributed by atoms with Crippen LogP contribution in [0.1, 0.15) is 70.3 Å². The van der Waals surface area contributed by atoms with Crippen molar-refractivity contribution in [2.75, 3.05) is 31.1 Å². The van der Waals surface area contributed by atoms with Gasteiger partial charge in [0.1, 0.15) is 5.82 Å². The molecule has 2 unspecified atom stereocenters. The molecule has 34 heavy (non-hydrogen) atoms. The third kappa shape index (κ3) is 3.71. The molecule has 184 valence electrons. The first-order valence-electron chi connectivity index (χ1n) is 13.3. The Morgan fingerprint density at radius 1 is 1.06 bits per heavy atom. The van der Waals surface area contributed by atoms with Gasteiger partial charge >= 0.3 is 6.09 Å². The van der Waals surface area contributed by atoms with Crippen LogP contribution in [0.15, 0.2) is 18.2 Å². The summed E-state index contributed by atoms with van der Waals surface area (Å²) in [5, 5.41) is 0. The SMILES string of the molecule is CCCOC(=O)N1C2CCC1CC(N1CCC3(CC1)CN(C(=O)C1CC1)c1ccc(F)cc13)C2. The Balaban J connectivity index is 1.14. The normalized spacial score (nSPS) is 30.0. The lowest BCUT2D eigenvalue weighted by Crippen LogP contribution is -2.55. The molecule has 6 nitrogen and oxygen atoms in total. The van der Waals surface area contributed by atoms with E-state index in [0.717, 1.165) is 82.1 Å². The van der Waals surface area contributed by atoms with E-state index in [1.54, 1.807) is 6.07 Å². The van der Waals surface area contributed by atoms with Gasteiger partial charge in [0.25, 0.3) is 0 Å². The Morgan fingerprint density at radius 2 is 1.76 bits per heavy atom. The van der Waals surface area contributed by atoms with Crippen LogP contribution in [0.2, 0.25) is 0 Å². The Kier molecular flexibility index (Phi) is 5.58. The largest absolute Gasteiger partial charge is 0.449 e. The molecule has 2 bridgehead atoms. The van der Waals surface area contributed by atoms with Crippen molar-refractivity contribution in [2.45, 2.75) is 88.3 Å². The minimum atomic E-state index is -0.208. The summed E-state index contributed by atoms with van der Waals surface area (Å²) in [5.74, 6) is 0.184. The molecule has 1 saturated carbocycles. The average Bonchev–Trinajstić information content (AvgIpc) is 3.61. The number of nitrogens with zero attached hydrogens (tertiary/aromatic N) is 3. The van der Waals surface area contributed by atoms with Crippen LogP contribution in [0.4, 0.5) is 14.9 Å². The molecule has 3 saturated heterocycles. The molecule has 6 rings (SSSR count). The fourth-order valence-electron chi connectivity index (χ4n) is 7.14. The van der Waals surface area contributed by atoms with Crippen LogP contribution < -0.4 is 4.90 Å². The zero-order chi connectivity index (χ0) is 23.4. The van der Waals surface area contributed by atoms with Gasteiger partial charge in [-0.05, 0) is 94.6 Å². The molecule has 1 spiro atoms. The van der Waals surface area contributed by atoms with Crippen molar-refractivity contribution in [1.82, 2.24) is 9.80 Å². The second-order valence-electron chi connectivity index (χ2n) is 11.2. The zero-order valence-electron chi connectivity index (χ0n) is 20.2. The molecule has 4 heterocycles. The molecule has 7 heteroatoms. The Labute approximate surface area is 201 Å². The van der Waals surface area contributed by atoms with Gasteiger partial charge in [-0.1, -0.05) is 6.92 Å². The minimum absolute atomic E-state index is 0.129. The summed E-state index contributed by atoms with van der Waals surface area (Å²) in [4.78, 5) is 32.2. The van der Waals surface area contributed by atoms with Gasteiger partial charge in [0.15, 0.2) is 0 Å². The Bertz CT molecular complexity index is 958. The number of likely N-dealkylation sites (tertiary alicyclic amines) is 1. The summed E-state index contributed by atoms with van der Waals surface area (Å²) >= 11 is 0. The number of ether oxygens (including phenoxy) is 1. The molecule has 0 N–H and O–H groups in total. The van der Waals surface area contributed by atoms with E-state index in [2.05, 4.69) is 4.90 Å². The molecule has 2 amide bonds. The van der Waals surface area contributed by atoms with Gasteiger partial charge in [-0.3, -0.25) is 4.79 Å². The number of anilines is 1. The van der Waals surface area contributed by atoms with Gasteiger partial charge in [-0.2, -0.15) is 0 Å². The molecule has 4 fully saturated rings. The highest BCUT2D eigenvalue weighted by Crippen LogP contribution is 2.50. The lowest BCUT2D eigenvalue weighted by molar-refractivity contribution is -0.119. The average molecular weight is 470 g/mol. The van der Waals surface area contributed by atoms with Crippen molar-refractivity contribution in [1.29, 1.82) is 0 Å². The lowest BCUT2D eigenvalue weighted by Gasteiger charge is -2.47. The number of hydrogen-bond donors (Lipinski definition) is 0. The van der Waals surface area contributed by atoms with Gasteiger partial charge in [0.05, 0.1) is 6.61 Å². The predicted octanol–water partition coefficient (Wildman–Crippen LogP) is 4.46. The Hall–Kier alpha value is -2.15. The maximum Gasteiger partial charge on any atom is 0.410 e. The van der Waals surface area contributed by atoms with E-state index in [1.165, 1.54) is 6.07 Å². The van der Waals surface area contributed by atoms with Gasteiger partial charge in [-0.15, -0.1) is 0 Å². The van der Waals surface area contributed by atoms with Crippen LogP contribution in [0.25, 0.3) is 0 Å². The van der Waals surface area contributed by atoms with Crippen molar-refractivity contribution in [2.24, 2.45) is 5.92 Å². The summed E-state index contributed by atoms with van der Waals surface area (Å²) in [6.07, 6.45) is 8.78. The van der Waals surface area contributed by atoms with E-state index < -0.39 is 0 Å². The van der Waals surface area contributed by atoms with E-state index in [0.29, 0.717) is 19.2 Å². The quantitative estimate of drug-likeness (QED) is 0.654. The maximum atomic E-state index is 14.3. The topological polar surface area (TPSA) is 53.1 Å². The smallest absolute Gasteiger partial charge is 0.410 e. The first-order valence-corrected chi connectivity index (χ1v) is 13.3. The monoisotopic (exact) mass is 469 g/mol. The summed E-state index contributed by atoms with van der Waals surface area (Å²) in [6, 6.07) is 6.06. The van der Waals surface area contributed by atoms with Gasteiger partial charge in [-0.25, -0.2) is 9.18 Å². The molecule has 0 aromatic heterocycles. The van der Waals surface area contributed by atoms with E-state index in [1.807, 2.05) is 22.8 Å². The van der Waals surface area contributed by atoms with Crippen molar-refractivity contribution in [3.8, 4) is 0 Å². The predicted molar refractivity (Wildman–Crippen MR) is 127 cm³/mol. The number of carbonyl (C=O) groups is 2. The van der Waals surface area contributed by atoms with Gasteiger partial charge in [0.2, 0.25) is 5.91 Å². The number of fused-ring (bicyclic) bond motifs is 4. The van der Waals surface area contributed by atoms with Crippen LogP contribution in [0.5, 0.6) is 0 Å². The number of amides is 2. The second kappa shape index (κ2) is 8.51. The summed E-state index contributed by atoms with van der Waals surface area (Å²) in [5.41, 5.74) is 1.83. The third-order valence-corrected chi connectivity index (χ3v) is 9.09. The highest BCUT2D eigenvalue weighted by atomic mass is 19.1. The van der Waals surface area contributed by atoms with Crippen molar-refractivity contribution in [3.63, 3.8) is 0 Å². The maximum absolute atomic E-state index is 14.3. The highest BCUT2D eigenvalue weighted by molar-refractivity contribution is 5.99. The van der Waals surface area contributed by atoms with Crippen molar-refractivity contribution in [3.05, 3.63) is 29.6 Å². The first-order chi connectivity index (χ1) is 16.5. The van der Waals surface area contributed by atoms with Crippen LogP contribution in [0, 0.1) is 11.7 Å². The Morgan fingerprint density at radius 3 is 2.41 bits per heavy atom. The fourth-order valence-corrected chi connectivity index (χ4v) is 7.14. The summed E-state index contributed by atoms with van der Waals surface area (Å²) < 4.78 is 19.7. The van der Waals surface area contributed by atoms with Crippen LogP contribution in [0.3, 0.4) is 0 Å². The molecule has 0 radical (unpaired) electrons. The third-order valence-electron chi connectivity index (χ3n) is 9.09. The second-order valence-corrected chi connectivity index (χ2v) is 11.2. The van der Waals surface area contributed by atoms with E-state index >= 15 is 0 Å². The fraction of sp³-hybridized carbons (Fsp3) is 0.704. The summed E-state index contributed by atoms with van der Waals surface area (Å²) in [6.45, 7) is 5.14. The van der Waals surface area contributed by atoms with Crippen molar-refractivity contribution < 1.29 is 18.7 Å². The van der Waals surface area contributed by atoms with Crippen LogP contribution in [-0.2, 0) is 14.9 Å². The molecule has 1 aromatic carbocycles. The van der Waals surface area contributed by atoms with Crippen LogP contribution in [-0.4, -0.2) is 66.2 Å². The number of benzene rings is 1. The number of rotatable bonds is 4. The molecule has 5 aliphatic rings. The van der Waals surface area contributed by atoms with Gasteiger partial charge < -0.3 is 19.4 Å². The molecular formula is C27H36FN3O3. The lowest BCUT2D eigenvalue weighted by atomic mass is 9.73. The van der Waals surface area contributed by atoms with Crippen LogP contribution >= 0.6 is 0 Å². The van der Waals surface area contributed by atoms with E-state index in [4.69, 9.17) is 4.74 Å². The minimum Gasteiger partial charge on any atom is -0.449 e. The number of halogens is 1. The zero-order valence-corrected chi connectivity index (χ0v) is 20.2. The molecule has 1 aromatic rings. The van der Waals surface area contributed by atoms with Crippen molar-refractivity contribution >= 4 is 17.7 Å². The molecule has 4 aliphatic heterocycles. The molecule has 2 atom stereocenters.